The second-order valence-corrected chi connectivity index (χ2v) is 4.10. The average Bonchev–Trinajstić information content (AvgIpc) is 2.69. The summed E-state index contributed by atoms with van der Waals surface area (Å²) in [5, 5.41) is 0. The predicted octanol–water partition coefficient (Wildman–Crippen LogP) is 2.44. The fraction of sp³-hybridized carbons (Fsp3) is 0.385. The van der Waals surface area contributed by atoms with Gasteiger partial charge >= 0.3 is 0 Å². The molecule has 1 saturated heterocycles. The molecule has 0 saturated carbocycles. The number of nitrogens with two attached hydrogens (primary N) is 1. The number of anilines is 1. The molecular formula is C13H17NO2. The van der Waals surface area contributed by atoms with Crippen LogP contribution in [0.3, 0.4) is 0 Å². The number of ether oxygens (including phenoxy) is 2. The van der Waals surface area contributed by atoms with Gasteiger partial charge in [-0.1, -0.05) is 24.3 Å². The maximum absolute atomic E-state index is 5.61. The lowest BCUT2D eigenvalue weighted by molar-refractivity contribution is -0.138. The van der Waals surface area contributed by atoms with E-state index in [-0.39, 0.29) is 0 Å². The zero-order chi connectivity index (χ0) is 11.4. The predicted molar refractivity (Wildman–Crippen MR) is 64.8 cm³/mol. The van der Waals surface area contributed by atoms with E-state index in [4.69, 9.17) is 15.2 Å². The van der Waals surface area contributed by atoms with E-state index in [0.29, 0.717) is 13.2 Å². The van der Waals surface area contributed by atoms with Gasteiger partial charge in [-0.3, -0.25) is 0 Å². The van der Waals surface area contributed by atoms with Crippen LogP contribution in [0.1, 0.15) is 18.9 Å². The third kappa shape index (κ3) is 2.84. The maximum atomic E-state index is 5.61. The van der Waals surface area contributed by atoms with Gasteiger partial charge in [0.15, 0.2) is 5.79 Å². The molecule has 2 N–H and O–H groups in total. The Hall–Kier alpha value is -1.32. The first-order chi connectivity index (χ1) is 7.68. The maximum Gasteiger partial charge on any atom is 0.169 e. The molecule has 86 valence electrons. The standard InChI is InChI=1S/C13H17NO2/c1-13(15-9-10-16-13)8-2-3-11-4-6-12(14)7-5-11/h2-7H,8-10,14H2,1H3. The lowest BCUT2D eigenvalue weighted by Crippen LogP contribution is -2.24. The molecule has 1 fully saturated rings. The normalized spacial score (nSPS) is 19.3. The van der Waals surface area contributed by atoms with Gasteiger partial charge in [0.1, 0.15) is 0 Å². The van der Waals surface area contributed by atoms with Crippen molar-refractivity contribution in [1.29, 1.82) is 0 Å². The summed E-state index contributed by atoms with van der Waals surface area (Å²) in [4.78, 5) is 0. The number of nitrogen functional groups attached to an aromatic ring is 1. The van der Waals surface area contributed by atoms with Gasteiger partial charge in [0.05, 0.1) is 13.2 Å². The van der Waals surface area contributed by atoms with Gasteiger partial charge in [-0.25, -0.2) is 0 Å². The van der Waals surface area contributed by atoms with Crippen molar-refractivity contribution in [3.05, 3.63) is 35.9 Å². The van der Waals surface area contributed by atoms with E-state index in [1.807, 2.05) is 31.2 Å². The van der Waals surface area contributed by atoms with Gasteiger partial charge in [0.2, 0.25) is 0 Å². The van der Waals surface area contributed by atoms with Crippen LogP contribution in [0, 0.1) is 0 Å². The molecule has 1 aromatic rings. The monoisotopic (exact) mass is 219 g/mol. The molecule has 0 atom stereocenters. The number of benzene rings is 1. The Kier molecular flexibility index (Phi) is 3.27. The Morgan fingerprint density at radius 2 is 1.88 bits per heavy atom. The van der Waals surface area contributed by atoms with E-state index in [1.54, 1.807) is 0 Å². The molecule has 3 nitrogen and oxygen atoms in total. The molecule has 1 aliphatic rings. The highest BCUT2D eigenvalue weighted by Crippen LogP contribution is 2.23. The third-order valence-electron chi connectivity index (χ3n) is 2.63. The van der Waals surface area contributed by atoms with Crippen LogP contribution in [0.15, 0.2) is 30.3 Å². The first kappa shape index (κ1) is 11.2. The molecule has 1 aromatic carbocycles. The van der Waals surface area contributed by atoms with Gasteiger partial charge in [0.25, 0.3) is 0 Å². The molecule has 0 bridgehead atoms. The smallest absolute Gasteiger partial charge is 0.169 e. The van der Waals surface area contributed by atoms with Crippen molar-refractivity contribution in [3.8, 4) is 0 Å². The van der Waals surface area contributed by atoms with Crippen LogP contribution >= 0.6 is 0 Å². The molecule has 0 spiro atoms. The third-order valence-corrected chi connectivity index (χ3v) is 2.63. The Balaban J connectivity index is 1.92. The van der Waals surface area contributed by atoms with E-state index in [1.165, 1.54) is 0 Å². The molecule has 2 rings (SSSR count). The highest BCUT2D eigenvalue weighted by molar-refractivity contribution is 5.53. The molecular weight excluding hydrogens is 202 g/mol. The highest BCUT2D eigenvalue weighted by atomic mass is 16.7. The molecule has 0 unspecified atom stereocenters. The van der Waals surface area contributed by atoms with Gasteiger partial charge in [0, 0.05) is 12.1 Å². The summed E-state index contributed by atoms with van der Waals surface area (Å²) in [6.07, 6.45) is 4.88. The fourth-order valence-corrected chi connectivity index (χ4v) is 1.69. The minimum absolute atomic E-state index is 0.440. The van der Waals surface area contributed by atoms with Crippen LogP contribution in [0.5, 0.6) is 0 Å². The highest BCUT2D eigenvalue weighted by Gasteiger charge is 2.28. The fourth-order valence-electron chi connectivity index (χ4n) is 1.69. The molecule has 1 heterocycles. The summed E-state index contributed by atoms with van der Waals surface area (Å²) in [5.41, 5.74) is 7.53. The quantitative estimate of drug-likeness (QED) is 0.794. The molecule has 0 amide bonds. The molecule has 3 heteroatoms. The van der Waals surface area contributed by atoms with Crippen LogP contribution in [-0.4, -0.2) is 19.0 Å². The van der Waals surface area contributed by atoms with Gasteiger partial charge in [-0.15, -0.1) is 0 Å². The molecule has 0 aliphatic carbocycles. The number of hydrogen-bond acceptors (Lipinski definition) is 3. The van der Waals surface area contributed by atoms with Crippen molar-refractivity contribution in [2.45, 2.75) is 19.1 Å². The van der Waals surface area contributed by atoms with Crippen LogP contribution in [0.2, 0.25) is 0 Å². The first-order valence-corrected chi connectivity index (χ1v) is 5.48. The van der Waals surface area contributed by atoms with Crippen molar-refractivity contribution in [1.82, 2.24) is 0 Å². The zero-order valence-corrected chi connectivity index (χ0v) is 9.48. The lowest BCUT2D eigenvalue weighted by atomic mass is 10.1. The topological polar surface area (TPSA) is 44.5 Å². The summed E-state index contributed by atoms with van der Waals surface area (Å²) >= 11 is 0. The van der Waals surface area contributed by atoms with Crippen LogP contribution in [0.25, 0.3) is 6.08 Å². The largest absolute Gasteiger partial charge is 0.399 e. The van der Waals surface area contributed by atoms with Crippen molar-refractivity contribution in [3.63, 3.8) is 0 Å². The average molecular weight is 219 g/mol. The van der Waals surface area contributed by atoms with E-state index < -0.39 is 5.79 Å². The summed E-state index contributed by atoms with van der Waals surface area (Å²) in [6.45, 7) is 3.34. The van der Waals surface area contributed by atoms with Crippen LogP contribution < -0.4 is 5.73 Å². The molecule has 0 aromatic heterocycles. The Morgan fingerprint density at radius 1 is 1.25 bits per heavy atom. The van der Waals surface area contributed by atoms with Crippen molar-refractivity contribution < 1.29 is 9.47 Å². The van der Waals surface area contributed by atoms with Gasteiger partial charge in [-0.2, -0.15) is 0 Å². The summed E-state index contributed by atoms with van der Waals surface area (Å²) in [6, 6.07) is 7.77. The SMILES string of the molecule is CC1(CC=Cc2ccc(N)cc2)OCCO1. The summed E-state index contributed by atoms with van der Waals surface area (Å²) in [5.74, 6) is -0.440. The van der Waals surface area contributed by atoms with E-state index >= 15 is 0 Å². The second kappa shape index (κ2) is 4.68. The van der Waals surface area contributed by atoms with Gasteiger partial charge in [-0.05, 0) is 24.6 Å². The number of hydrogen-bond donors (Lipinski definition) is 1. The molecule has 0 radical (unpaired) electrons. The van der Waals surface area contributed by atoms with Crippen molar-refractivity contribution in [2.24, 2.45) is 0 Å². The minimum atomic E-state index is -0.440. The second-order valence-electron chi connectivity index (χ2n) is 4.10. The Bertz CT molecular complexity index is 364. The van der Waals surface area contributed by atoms with Crippen molar-refractivity contribution >= 4 is 11.8 Å². The minimum Gasteiger partial charge on any atom is -0.399 e. The van der Waals surface area contributed by atoms with E-state index in [9.17, 15) is 0 Å². The first-order valence-electron chi connectivity index (χ1n) is 5.48. The van der Waals surface area contributed by atoms with Crippen LogP contribution in [0.4, 0.5) is 5.69 Å². The van der Waals surface area contributed by atoms with Crippen LogP contribution in [-0.2, 0) is 9.47 Å². The number of rotatable bonds is 3. The van der Waals surface area contributed by atoms with E-state index in [0.717, 1.165) is 17.7 Å². The Morgan fingerprint density at radius 3 is 2.50 bits per heavy atom. The lowest BCUT2D eigenvalue weighted by Gasteiger charge is -2.19. The Labute approximate surface area is 95.9 Å². The van der Waals surface area contributed by atoms with Gasteiger partial charge < -0.3 is 15.2 Å². The van der Waals surface area contributed by atoms with E-state index in [2.05, 4.69) is 12.2 Å². The zero-order valence-electron chi connectivity index (χ0n) is 9.48. The van der Waals surface area contributed by atoms with Crippen molar-refractivity contribution in [2.75, 3.05) is 18.9 Å². The summed E-state index contributed by atoms with van der Waals surface area (Å²) < 4.78 is 11.0. The summed E-state index contributed by atoms with van der Waals surface area (Å²) in [7, 11) is 0. The molecule has 16 heavy (non-hydrogen) atoms. The molecule has 1 aliphatic heterocycles.